The Kier molecular flexibility index (Phi) is 6.16. The molecule has 0 aliphatic carbocycles. The molecule has 0 aliphatic rings. The lowest BCUT2D eigenvalue weighted by atomic mass is 9.80. The van der Waals surface area contributed by atoms with E-state index in [1.807, 2.05) is 24.3 Å². The lowest BCUT2D eigenvalue weighted by molar-refractivity contribution is -0.111. The van der Waals surface area contributed by atoms with Gasteiger partial charge in [0.1, 0.15) is 5.75 Å². The van der Waals surface area contributed by atoms with Gasteiger partial charge in [0.25, 0.3) is 0 Å². The number of phenolic OH excluding ortho intramolecular Hbond substituents is 1. The Morgan fingerprint density at radius 3 is 2.10 bits per heavy atom. The quantitative estimate of drug-likeness (QED) is 0.234. The Hall–Kier alpha value is -3.15. The third-order valence-corrected chi connectivity index (χ3v) is 4.62. The van der Waals surface area contributed by atoms with Crippen molar-refractivity contribution in [1.29, 1.82) is 0 Å². The summed E-state index contributed by atoms with van der Waals surface area (Å²) in [5.74, 6) is 0.0210. The van der Waals surface area contributed by atoms with Gasteiger partial charge in [0.15, 0.2) is 0 Å². The van der Waals surface area contributed by atoms with Crippen LogP contribution in [0.5, 0.6) is 5.75 Å². The molecule has 0 fully saturated rings. The van der Waals surface area contributed by atoms with Gasteiger partial charge in [-0.15, -0.1) is 0 Å². The predicted octanol–water partition coefficient (Wildman–Crippen LogP) is 5.19. The van der Waals surface area contributed by atoms with E-state index < -0.39 is 0 Å². The Labute approximate surface area is 172 Å². The zero-order chi connectivity index (χ0) is 22.0. The zero-order valence-corrected chi connectivity index (χ0v) is 18.1. The van der Waals surface area contributed by atoms with Crippen molar-refractivity contribution in [2.24, 2.45) is 0 Å². The maximum absolute atomic E-state index is 10.9. The molecular weight excluding hydrogens is 364 g/mol. The van der Waals surface area contributed by atoms with Crippen molar-refractivity contribution >= 4 is 28.3 Å². The zero-order valence-electron chi connectivity index (χ0n) is 18.1. The summed E-state index contributed by atoms with van der Waals surface area (Å²) < 4.78 is 0. The number of nitrogens with one attached hydrogen (secondary N) is 3. The number of phenols is 1. The number of hydrogen-bond donors (Lipinski definition) is 5. The molecule has 0 saturated heterocycles. The van der Waals surface area contributed by atoms with E-state index in [1.54, 1.807) is 0 Å². The normalized spacial score (nSPS) is 11.7. The molecule has 3 aromatic rings. The molecule has 1 amide bonds. The van der Waals surface area contributed by atoms with Crippen LogP contribution in [0.2, 0.25) is 0 Å². The van der Waals surface area contributed by atoms with Crippen LogP contribution in [0.15, 0.2) is 43.0 Å². The van der Waals surface area contributed by atoms with Gasteiger partial charge < -0.3 is 16.2 Å². The predicted molar refractivity (Wildman–Crippen MR) is 121 cm³/mol. The van der Waals surface area contributed by atoms with Crippen LogP contribution < -0.4 is 11.1 Å². The van der Waals surface area contributed by atoms with Crippen LogP contribution in [0.1, 0.15) is 52.7 Å². The van der Waals surface area contributed by atoms with Crippen molar-refractivity contribution in [2.45, 2.75) is 52.4 Å². The summed E-state index contributed by atoms with van der Waals surface area (Å²) in [6.07, 6.45) is 1.24. The third-order valence-electron chi connectivity index (χ3n) is 4.62. The highest BCUT2D eigenvalue weighted by Gasteiger charge is 2.23. The van der Waals surface area contributed by atoms with Crippen molar-refractivity contribution in [3.05, 3.63) is 54.1 Å². The summed E-state index contributed by atoms with van der Waals surface area (Å²) in [5, 5.41) is 18.5. The number of rotatable bonds is 2. The van der Waals surface area contributed by atoms with E-state index >= 15 is 0 Å². The maximum Gasteiger partial charge on any atom is 0.247 e. The minimum atomic E-state index is -0.202. The van der Waals surface area contributed by atoms with Gasteiger partial charge in [-0.25, -0.2) is 0 Å². The standard InChI is InChI=1S/C14H23NO.C9H9N3O/c1-13(2,3)9-7-10(14(4,5)6)12(16)11(15)8-9;1-2-9(13)10-6-3-4-7-8(5-6)12-11-7/h7-8,16H,15H2,1-6H3;2-5,11-12H,1H2,(H,10,13). The first-order valence-corrected chi connectivity index (χ1v) is 9.56. The van der Waals surface area contributed by atoms with Crippen LogP contribution >= 0.6 is 0 Å². The lowest BCUT2D eigenvalue weighted by Crippen LogP contribution is -2.17. The smallest absolute Gasteiger partial charge is 0.247 e. The molecular formula is C23H32N4O2. The summed E-state index contributed by atoms with van der Waals surface area (Å²) >= 11 is 0. The van der Waals surface area contributed by atoms with Crippen LogP contribution in [-0.4, -0.2) is 21.2 Å². The highest BCUT2D eigenvalue weighted by molar-refractivity contribution is 6.00. The average molecular weight is 397 g/mol. The number of fused-ring (bicyclic) bond motifs is 1. The van der Waals surface area contributed by atoms with Crippen LogP contribution in [-0.2, 0) is 15.6 Å². The van der Waals surface area contributed by atoms with E-state index in [9.17, 15) is 9.90 Å². The first-order valence-electron chi connectivity index (χ1n) is 9.56. The minimum Gasteiger partial charge on any atom is -0.505 e. The van der Waals surface area contributed by atoms with E-state index in [-0.39, 0.29) is 22.5 Å². The third kappa shape index (κ3) is 5.44. The van der Waals surface area contributed by atoms with Gasteiger partial charge in [0, 0.05) is 11.3 Å². The Morgan fingerprint density at radius 2 is 1.66 bits per heavy atom. The number of carbonyl (C=O) groups excluding carboxylic acids is 1. The van der Waals surface area contributed by atoms with E-state index in [0.29, 0.717) is 5.69 Å². The Balaban J connectivity index is 0.000000211. The molecule has 0 bridgehead atoms. The van der Waals surface area contributed by atoms with Crippen molar-refractivity contribution in [3.63, 3.8) is 0 Å². The molecule has 6 nitrogen and oxygen atoms in total. The molecule has 29 heavy (non-hydrogen) atoms. The van der Waals surface area contributed by atoms with E-state index in [0.717, 1.165) is 27.8 Å². The van der Waals surface area contributed by atoms with Crippen LogP contribution in [0.3, 0.4) is 0 Å². The average Bonchev–Trinajstić information content (AvgIpc) is 2.58. The number of aromatic nitrogens is 2. The second kappa shape index (κ2) is 8.07. The monoisotopic (exact) mass is 396 g/mol. The van der Waals surface area contributed by atoms with Crippen LogP contribution in [0.4, 0.5) is 11.4 Å². The van der Waals surface area contributed by atoms with Crippen molar-refractivity contribution in [3.8, 4) is 5.75 Å². The molecule has 0 saturated carbocycles. The molecule has 6 N–H and O–H groups in total. The van der Waals surface area contributed by atoms with Crippen molar-refractivity contribution in [1.82, 2.24) is 10.2 Å². The number of carbonyl (C=O) groups is 1. The molecule has 1 aromatic heterocycles. The minimum absolute atomic E-state index is 0.0435. The highest BCUT2D eigenvalue weighted by Crippen LogP contribution is 2.38. The fourth-order valence-corrected chi connectivity index (χ4v) is 2.76. The van der Waals surface area contributed by atoms with Gasteiger partial charge in [0.05, 0.1) is 16.7 Å². The molecule has 2 aromatic carbocycles. The number of anilines is 2. The number of nitrogen functional groups attached to an aromatic ring is 1. The van der Waals surface area contributed by atoms with Gasteiger partial charge in [-0.05, 0) is 46.7 Å². The van der Waals surface area contributed by atoms with Gasteiger partial charge >= 0.3 is 0 Å². The van der Waals surface area contributed by atoms with Crippen LogP contribution in [0, 0.1) is 0 Å². The van der Waals surface area contributed by atoms with Gasteiger partial charge in [-0.3, -0.25) is 15.0 Å². The molecule has 0 aliphatic heterocycles. The molecule has 1 heterocycles. The second-order valence-corrected chi connectivity index (χ2v) is 9.17. The van der Waals surface area contributed by atoms with E-state index in [4.69, 9.17) is 5.73 Å². The van der Waals surface area contributed by atoms with Crippen molar-refractivity contribution < 1.29 is 9.90 Å². The first kappa shape index (κ1) is 22.1. The fourth-order valence-electron chi connectivity index (χ4n) is 2.76. The topological polar surface area (TPSA) is 107 Å². The number of aromatic hydroxyl groups is 1. The molecule has 0 radical (unpaired) electrons. The molecule has 0 atom stereocenters. The largest absolute Gasteiger partial charge is 0.505 e. The SMILES string of the molecule is C=CC(=O)Nc1ccc2[nH][nH]c2c1.CC(C)(C)c1cc(N)c(O)c(C(C)(C)C)c1. The second-order valence-electron chi connectivity index (χ2n) is 9.17. The van der Waals surface area contributed by atoms with Gasteiger partial charge in [-0.1, -0.05) is 54.2 Å². The number of nitrogens with two attached hydrogens (primary N) is 1. The lowest BCUT2D eigenvalue weighted by Gasteiger charge is -2.26. The Bertz CT molecular complexity index is 1010. The summed E-state index contributed by atoms with van der Waals surface area (Å²) in [6, 6.07) is 9.50. The van der Waals surface area contributed by atoms with Crippen LogP contribution in [0.25, 0.3) is 11.0 Å². The van der Waals surface area contributed by atoms with Gasteiger partial charge in [0.2, 0.25) is 5.91 Å². The number of aromatic amines is 2. The van der Waals surface area contributed by atoms with E-state index in [1.165, 1.54) is 6.08 Å². The number of benzene rings is 2. The molecule has 3 rings (SSSR count). The molecule has 156 valence electrons. The molecule has 0 unspecified atom stereocenters. The van der Waals surface area contributed by atoms with Gasteiger partial charge in [-0.2, -0.15) is 0 Å². The fraction of sp³-hybridized carbons (Fsp3) is 0.348. The summed E-state index contributed by atoms with van der Waals surface area (Å²) in [6.45, 7) is 16.0. The first-order chi connectivity index (χ1) is 13.3. The number of hydrogen-bond acceptors (Lipinski definition) is 3. The maximum atomic E-state index is 10.9. The van der Waals surface area contributed by atoms with E-state index in [2.05, 4.69) is 69.7 Å². The molecule has 0 spiro atoms. The summed E-state index contributed by atoms with van der Waals surface area (Å²) in [4.78, 5) is 10.9. The van der Waals surface area contributed by atoms with Crippen molar-refractivity contribution in [2.75, 3.05) is 11.1 Å². The number of H-pyrrole nitrogens is 2. The summed E-state index contributed by atoms with van der Waals surface area (Å²) in [7, 11) is 0. The highest BCUT2D eigenvalue weighted by atomic mass is 16.3. The number of amides is 1. The summed E-state index contributed by atoms with van der Waals surface area (Å²) in [5.41, 5.74) is 11.1. The Morgan fingerprint density at radius 1 is 1.03 bits per heavy atom. The molecule has 6 heteroatoms.